The van der Waals surface area contributed by atoms with E-state index < -0.39 is 0 Å². The summed E-state index contributed by atoms with van der Waals surface area (Å²) in [5, 5.41) is 0. The number of piperazine rings is 1. The predicted molar refractivity (Wildman–Crippen MR) is 111 cm³/mol. The first kappa shape index (κ1) is 20.0. The zero-order chi connectivity index (χ0) is 19.2. The maximum Gasteiger partial charge on any atom is 0.127 e. The van der Waals surface area contributed by atoms with Crippen molar-refractivity contribution in [3.8, 4) is 17.2 Å². The van der Waals surface area contributed by atoms with Crippen LogP contribution in [0.15, 0.2) is 40.9 Å². The zero-order valence-electron chi connectivity index (χ0n) is 16.2. The van der Waals surface area contributed by atoms with Crippen molar-refractivity contribution in [2.24, 2.45) is 0 Å². The third-order valence-electron chi connectivity index (χ3n) is 4.99. The third kappa shape index (κ3) is 5.15. The molecule has 0 aromatic heterocycles. The molecule has 1 saturated heterocycles. The maximum absolute atomic E-state index is 5.53. The van der Waals surface area contributed by atoms with E-state index in [1.165, 1.54) is 11.1 Å². The van der Waals surface area contributed by atoms with E-state index in [4.69, 9.17) is 14.2 Å². The molecular weight excluding hydrogens is 408 g/mol. The van der Waals surface area contributed by atoms with Crippen LogP contribution in [0.4, 0.5) is 0 Å². The highest BCUT2D eigenvalue weighted by molar-refractivity contribution is 9.10. The van der Waals surface area contributed by atoms with Crippen molar-refractivity contribution in [1.82, 2.24) is 9.80 Å². The van der Waals surface area contributed by atoms with Crippen molar-refractivity contribution in [2.45, 2.75) is 13.1 Å². The second-order valence-corrected chi connectivity index (χ2v) is 7.60. The molecule has 146 valence electrons. The van der Waals surface area contributed by atoms with Crippen molar-refractivity contribution < 1.29 is 14.2 Å². The highest BCUT2D eigenvalue weighted by atomic mass is 79.9. The van der Waals surface area contributed by atoms with Crippen LogP contribution in [-0.4, -0.2) is 57.3 Å². The van der Waals surface area contributed by atoms with Gasteiger partial charge in [0.15, 0.2) is 0 Å². The van der Waals surface area contributed by atoms with Crippen molar-refractivity contribution in [3.05, 3.63) is 52.0 Å². The largest absolute Gasteiger partial charge is 0.497 e. The molecule has 6 heteroatoms. The fourth-order valence-electron chi connectivity index (χ4n) is 3.44. The lowest BCUT2D eigenvalue weighted by molar-refractivity contribution is 0.120. The SMILES string of the molecule is COc1ccc(CN2CCN(Cc3cc(Br)ccc3OC)CC2)c(OC)c1. The molecule has 0 amide bonds. The lowest BCUT2D eigenvalue weighted by Crippen LogP contribution is -2.45. The van der Waals surface area contributed by atoms with Gasteiger partial charge in [-0.2, -0.15) is 0 Å². The fraction of sp³-hybridized carbons (Fsp3) is 0.429. The lowest BCUT2D eigenvalue weighted by Gasteiger charge is -2.35. The van der Waals surface area contributed by atoms with E-state index in [9.17, 15) is 0 Å². The number of nitrogens with zero attached hydrogens (tertiary/aromatic N) is 2. The van der Waals surface area contributed by atoms with Crippen LogP contribution in [0, 0.1) is 0 Å². The summed E-state index contributed by atoms with van der Waals surface area (Å²) in [5.74, 6) is 2.66. The van der Waals surface area contributed by atoms with Crippen molar-refractivity contribution in [1.29, 1.82) is 0 Å². The molecule has 1 fully saturated rings. The quantitative estimate of drug-likeness (QED) is 0.661. The first-order valence-corrected chi connectivity index (χ1v) is 9.90. The monoisotopic (exact) mass is 434 g/mol. The molecule has 0 N–H and O–H groups in total. The normalized spacial score (nSPS) is 15.6. The molecule has 1 aliphatic rings. The van der Waals surface area contributed by atoms with E-state index in [-0.39, 0.29) is 0 Å². The van der Waals surface area contributed by atoms with Gasteiger partial charge in [-0.15, -0.1) is 0 Å². The number of hydrogen-bond acceptors (Lipinski definition) is 5. The van der Waals surface area contributed by atoms with Gasteiger partial charge in [0.2, 0.25) is 0 Å². The van der Waals surface area contributed by atoms with Gasteiger partial charge in [0, 0.05) is 60.9 Å². The van der Waals surface area contributed by atoms with Crippen LogP contribution in [-0.2, 0) is 13.1 Å². The van der Waals surface area contributed by atoms with Gasteiger partial charge in [-0.25, -0.2) is 0 Å². The van der Waals surface area contributed by atoms with Gasteiger partial charge in [-0.3, -0.25) is 9.80 Å². The molecule has 1 aliphatic heterocycles. The first-order valence-electron chi connectivity index (χ1n) is 9.11. The Morgan fingerprint density at radius 2 is 1.37 bits per heavy atom. The molecule has 5 nitrogen and oxygen atoms in total. The smallest absolute Gasteiger partial charge is 0.127 e. The molecule has 2 aromatic carbocycles. The molecule has 2 aromatic rings. The van der Waals surface area contributed by atoms with E-state index in [1.54, 1.807) is 21.3 Å². The van der Waals surface area contributed by atoms with Gasteiger partial charge in [-0.05, 0) is 24.3 Å². The minimum atomic E-state index is 0.823. The number of ether oxygens (including phenoxy) is 3. The predicted octanol–water partition coefficient (Wildman–Crippen LogP) is 3.79. The number of rotatable bonds is 7. The van der Waals surface area contributed by atoms with Gasteiger partial charge in [-0.1, -0.05) is 22.0 Å². The summed E-state index contributed by atoms with van der Waals surface area (Å²) in [7, 11) is 5.11. The summed E-state index contributed by atoms with van der Waals surface area (Å²) in [4.78, 5) is 4.95. The van der Waals surface area contributed by atoms with E-state index >= 15 is 0 Å². The summed E-state index contributed by atoms with van der Waals surface area (Å²) in [6, 6.07) is 12.2. The Hall–Kier alpha value is -1.76. The Kier molecular flexibility index (Phi) is 6.99. The summed E-state index contributed by atoms with van der Waals surface area (Å²) in [5.41, 5.74) is 2.41. The minimum Gasteiger partial charge on any atom is -0.497 e. The first-order chi connectivity index (χ1) is 13.1. The number of halogens is 1. The minimum absolute atomic E-state index is 0.823. The molecule has 0 spiro atoms. The average molecular weight is 435 g/mol. The van der Waals surface area contributed by atoms with Crippen LogP contribution in [0.25, 0.3) is 0 Å². The number of methoxy groups -OCH3 is 3. The fourth-order valence-corrected chi connectivity index (χ4v) is 3.85. The Labute approximate surface area is 169 Å². The molecule has 0 saturated carbocycles. The van der Waals surface area contributed by atoms with Crippen molar-refractivity contribution >= 4 is 15.9 Å². The Morgan fingerprint density at radius 1 is 0.741 bits per heavy atom. The van der Waals surface area contributed by atoms with Crippen molar-refractivity contribution in [3.63, 3.8) is 0 Å². The Balaban J connectivity index is 1.57. The molecule has 0 unspecified atom stereocenters. The Bertz CT molecular complexity index is 761. The van der Waals surface area contributed by atoms with Crippen molar-refractivity contribution in [2.75, 3.05) is 47.5 Å². The van der Waals surface area contributed by atoms with Crippen LogP contribution in [0.1, 0.15) is 11.1 Å². The summed E-state index contributed by atoms with van der Waals surface area (Å²) >= 11 is 3.56. The third-order valence-corrected chi connectivity index (χ3v) is 5.48. The summed E-state index contributed by atoms with van der Waals surface area (Å²) in [6.07, 6.45) is 0. The topological polar surface area (TPSA) is 34.2 Å². The standard InChI is InChI=1S/C21H27BrN2O3/c1-25-19-6-4-16(21(13-19)27-3)14-23-8-10-24(11-9-23)15-17-12-18(22)5-7-20(17)26-2/h4-7,12-13H,8-11,14-15H2,1-3H3. The average Bonchev–Trinajstić information content (AvgIpc) is 2.70. The van der Waals surface area contributed by atoms with E-state index in [0.717, 1.165) is 61.0 Å². The summed E-state index contributed by atoms with van der Waals surface area (Å²) in [6.45, 7) is 5.93. The number of hydrogen-bond donors (Lipinski definition) is 0. The van der Waals surface area contributed by atoms with Crippen LogP contribution in [0.5, 0.6) is 17.2 Å². The van der Waals surface area contributed by atoms with Crippen LogP contribution >= 0.6 is 15.9 Å². The summed E-state index contributed by atoms with van der Waals surface area (Å²) < 4.78 is 17.4. The zero-order valence-corrected chi connectivity index (χ0v) is 17.8. The van der Waals surface area contributed by atoms with E-state index in [0.29, 0.717) is 0 Å². The van der Waals surface area contributed by atoms with Gasteiger partial charge in [0.05, 0.1) is 21.3 Å². The molecule has 3 rings (SSSR count). The van der Waals surface area contributed by atoms with Gasteiger partial charge in [0.1, 0.15) is 17.2 Å². The van der Waals surface area contributed by atoms with Crippen LogP contribution in [0.2, 0.25) is 0 Å². The maximum atomic E-state index is 5.53. The highest BCUT2D eigenvalue weighted by Crippen LogP contribution is 2.27. The van der Waals surface area contributed by atoms with Crippen LogP contribution in [0.3, 0.4) is 0 Å². The van der Waals surface area contributed by atoms with Gasteiger partial charge < -0.3 is 14.2 Å². The molecule has 0 aliphatic carbocycles. The molecule has 0 atom stereocenters. The van der Waals surface area contributed by atoms with Gasteiger partial charge in [0.25, 0.3) is 0 Å². The molecular formula is C21H27BrN2O3. The second kappa shape index (κ2) is 9.44. The lowest BCUT2D eigenvalue weighted by atomic mass is 10.1. The molecule has 1 heterocycles. The molecule has 0 bridgehead atoms. The Morgan fingerprint density at radius 3 is 1.96 bits per heavy atom. The second-order valence-electron chi connectivity index (χ2n) is 6.69. The van der Waals surface area contributed by atoms with E-state index in [1.807, 2.05) is 24.3 Å². The van der Waals surface area contributed by atoms with Crippen LogP contribution < -0.4 is 14.2 Å². The van der Waals surface area contributed by atoms with E-state index in [2.05, 4.69) is 37.9 Å². The molecule has 27 heavy (non-hydrogen) atoms. The molecule has 0 radical (unpaired) electrons. The highest BCUT2D eigenvalue weighted by Gasteiger charge is 2.19. The number of benzene rings is 2. The van der Waals surface area contributed by atoms with Gasteiger partial charge >= 0.3 is 0 Å².